The number of hydrogen-bond acceptors (Lipinski definition) is 3. The summed E-state index contributed by atoms with van der Waals surface area (Å²) in [5.41, 5.74) is -1.88. The van der Waals surface area contributed by atoms with E-state index in [-0.39, 0.29) is 30.5 Å². The van der Waals surface area contributed by atoms with E-state index in [0.29, 0.717) is 0 Å². The monoisotopic (exact) mass is 339 g/mol. The third-order valence-electron chi connectivity index (χ3n) is 4.80. The zero-order valence-corrected chi connectivity index (χ0v) is 14.2. The van der Waals surface area contributed by atoms with Crippen molar-refractivity contribution in [3.63, 3.8) is 0 Å². The second-order valence-corrected chi connectivity index (χ2v) is 7.84. The normalized spacial score (nSPS) is 29.7. The maximum atomic E-state index is 14.1. The van der Waals surface area contributed by atoms with Crippen molar-refractivity contribution < 1.29 is 23.4 Å². The Morgan fingerprint density at radius 2 is 1.83 bits per heavy atom. The standard InChI is InChI=1S/C18H23F2NO3/c1-17(2,3)24-16(22)21-12-5-6-13(21)10-18(23,9-12)14-7-4-11(19)8-15(14)20/h4,7-8,12-13,23H,5-6,9-10H2,1-3H3. The molecule has 6 heteroatoms. The molecule has 0 radical (unpaired) electrons. The first kappa shape index (κ1) is 17.1. The van der Waals surface area contributed by atoms with Crippen LogP contribution in [0.3, 0.4) is 0 Å². The summed E-state index contributed by atoms with van der Waals surface area (Å²) in [6.07, 6.45) is 1.55. The fraction of sp³-hybridized carbons (Fsp3) is 0.611. The van der Waals surface area contributed by atoms with E-state index >= 15 is 0 Å². The molecule has 2 aliphatic heterocycles. The number of benzene rings is 1. The Labute approximate surface area is 140 Å². The van der Waals surface area contributed by atoms with Crippen molar-refractivity contribution in [2.45, 2.75) is 69.7 Å². The summed E-state index contributed by atoms with van der Waals surface area (Å²) in [5.74, 6) is -1.42. The molecule has 24 heavy (non-hydrogen) atoms. The van der Waals surface area contributed by atoms with Crippen molar-refractivity contribution in [2.24, 2.45) is 0 Å². The highest BCUT2D eigenvalue weighted by Crippen LogP contribution is 2.46. The van der Waals surface area contributed by atoms with E-state index in [4.69, 9.17) is 4.74 Å². The van der Waals surface area contributed by atoms with Crippen molar-refractivity contribution in [3.8, 4) is 0 Å². The lowest BCUT2D eigenvalue weighted by molar-refractivity contribution is -0.0640. The number of amides is 1. The summed E-state index contributed by atoms with van der Waals surface area (Å²) in [6.45, 7) is 5.42. The fourth-order valence-corrected chi connectivity index (χ4v) is 3.92. The van der Waals surface area contributed by atoms with Gasteiger partial charge < -0.3 is 14.7 Å². The van der Waals surface area contributed by atoms with E-state index in [2.05, 4.69) is 0 Å². The van der Waals surface area contributed by atoms with Gasteiger partial charge >= 0.3 is 6.09 Å². The summed E-state index contributed by atoms with van der Waals surface area (Å²) in [6, 6.07) is 2.84. The Bertz CT molecular complexity index is 642. The van der Waals surface area contributed by atoms with Gasteiger partial charge in [0.05, 0.1) is 5.60 Å². The fourth-order valence-electron chi connectivity index (χ4n) is 3.92. The number of fused-ring (bicyclic) bond motifs is 2. The second-order valence-electron chi connectivity index (χ2n) is 7.84. The Hall–Kier alpha value is -1.69. The van der Waals surface area contributed by atoms with Crippen molar-refractivity contribution in [2.75, 3.05) is 0 Å². The van der Waals surface area contributed by atoms with E-state index in [1.54, 1.807) is 25.7 Å². The number of nitrogens with zero attached hydrogens (tertiary/aromatic N) is 1. The minimum absolute atomic E-state index is 0.102. The van der Waals surface area contributed by atoms with Crippen LogP contribution in [0.5, 0.6) is 0 Å². The smallest absolute Gasteiger partial charge is 0.410 e. The molecule has 2 bridgehead atoms. The highest BCUT2D eigenvalue weighted by molar-refractivity contribution is 5.69. The molecule has 3 rings (SSSR count). The van der Waals surface area contributed by atoms with Crippen LogP contribution in [0.25, 0.3) is 0 Å². The lowest BCUT2D eigenvalue weighted by Crippen LogP contribution is -2.53. The maximum Gasteiger partial charge on any atom is 0.410 e. The van der Waals surface area contributed by atoms with Gasteiger partial charge in [0.1, 0.15) is 17.2 Å². The van der Waals surface area contributed by atoms with Gasteiger partial charge in [-0.3, -0.25) is 0 Å². The Balaban J connectivity index is 1.83. The number of aliphatic hydroxyl groups is 1. The molecule has 2 aliphatic rings. The summed E-state index contributed by atoms with van der Waals surface area (Å²) < 4.78 is 32.7. The molecular weight excluding hydrogens is 316 g/mol. The van der Waals surface area contributed by atoms with E-state index in [0.717, 1.165) is 25.0 Å². The van der Waals surface area contributed by atoms with Crippen molar-refractivity contribution in [1.82, 2.24) is 4.90 Å². The first-order chi connectivity index (χ1) is 11.1. The van der Waals surface area contributed by atoms with Crippen LogP contribution >= 0.6 is 0 Å². The third kappa shape index (κ3) is 3.11. The molecule has 132 valence electrons. The van der Waals surface area contributed by atoms with E-state index in [9.17, 15) is 18.7 Å². The summed E-state index contributed by atoms with van der Waals surface area (Å²) in [5, 5.41) is 11.0. The van der Waals surface area contributed by atoms with Gasteiger partial charge in [-0.15, -0.1) is 0 Å². The minimum Gasteiger partial charge on any atom is -0.444 e. The number of rotatable bonds is 1. The summed E-state index contributed by atoms with van der Waals surface area (Å²) in [7, 11) is 0. The van der Waals surface area contributed by atoms with Gasteiger partial charge in [0.15, 0.2) is 0 Å². The van der Waals surface area contributed by atoms with Crippen LogP contribution in [0.2, 0.25) is 0 Å². The van der Waals surface area contributed by atoms with Crippen LogP contribution in [-0.2, 0) is 10.3 Å². The number of piperidine rings is 1. The van der Waals surface area contributed by atoms with Crippen molar-refractivity contribution >= 4 is 6.09 Å². The molecule has 0 spiro atoms. The van der Waals surface area contributed by atoms with Crippen molar-refractivity contribution in [3.05, 3.63) is 35.4 Å². The predicted molar refractivity (Wildman–Crippen MR) is 84.4 cm³/mol. The molecule has 2 unspecified atom stereocenters. The predicted octanol–water partition coefficient (Wildman–Crippen LogP) is 3.71. The van der Waals surface area contributed by atoms with Crippen LogP contribution in [-0.4, -0.2) is 33.8 Å². The molecule has 1 amide bonds. The van der Waals surface area contributed by atoms with Crippen LogP contribution in [0.1, 0.15) is 52.0 Å². The average molecular weight is 339 g/mol. The topological polar surface area (TPSA) is 49.8 Å². The molecule has 0 aromatic heterocycles. The van der Waals surface area contributed by atoms with Crippen molar-refractivity contribution in [1.29, 1.82) is 0 Å². The van der Waals surface area contributed by atoms with Gasteiger partial charge in [-0.25, -0.2) is 13.6 Å². The lowest BCUT2D eigenvalue weighted by atomic mass is 9.80. The van der Waals surface area contributed by atoms with Gasteiger partial charge in [-0.2, -0.15) is 0 Å². The number of ether oxygens (including phenoxy) is 1. The summed E-state index contributed by atoms with van der Waals surface area (Å²) in [4.78, 5) is 14.1. The van der Waals surface area contributed by atoms with Gasteiger partial charge in [0.2, 0.25) is 0 Å². The molecule has 1 N–H and O–H groups in total. The molecular formula is C18H23F2NO3. The molecule has 0 saturated carbocycles. The Kier molecular flexibility index (Phi) is 4.06. The molecule has 2 saturated heterocycles. The molecule has 2 atom stereocenters. The molecule has 0 aliphatic carbocycles. The molecule has 2 fully saturated rings. The zero-order valence-electron chi connectivity index (χ0n) is 14.2. The zero-order chi connectivity index (χ0) is 17.7. The maximum absolute atomic E-state index is 14.1. The minimum atomic E-state index is -1.39. The van der Waals surface area contributed by atoms with Gasteiger partial charge in [-0.05, 0) is 39.7 Å². The van der Waals surface area contributed by atoms with E-state index in [1.165, 1.54) is 6.07 Å². The van der Waals surface area contributed by atoms with E-state index < -0.39 is 28.9 Å². The van der Waals surface area contributed by atoms with E-state index in [1.807, 2.05) is 0 Å². The lowest BCUT2D eigenvalue weighted by Gasteiger charge is -2.44. The Morgan fingerprint density at radius 1 is 1.25 bits per heavy atom. The quantitative estimate of drug-likeness (QED) is 0.848. The molecule has 1 aromatic carbocycles. The highest BCUT2D eigenvalue weighted by Gasteiger charge is 2.51. The number of hydrogen-bond donors (Lipinski definition) is 1. The average Bonchev–Trinajstić information content (AvgIpc) is 2.70. The number of carbonyl (C=O) groups excluding carboxylic acids is 1. The van der Waals surface area contributed by atoms with Gasteiger partial charge in [0.25, 0.3) is 0 Å². The molecule has 1 aromatic rings. The first-order valence-electron chi connectivity index (χ1n) is 8.28. The SMILES string of the molecule is CC(C)(C)OC(=O)N1C2CCC1CC(O)(c1ccc(F)cc1F)C2. The Morgan fingerprint density at radius 3 is 2.33 bits per heavy atom. The first-order valence-corrected chi connectivity index (χ1v) is 8.28. The number of carbonyl (C=O) groups is 1. The van der Waals surface area contributed by atoms with Crippen LogP contribution in [0.4, 0.5) is 13.6 Å². The van der Waals surface area contributed by atoms with Gasteiger partial charge in [-0.1, -0.05) is 6.07 Å². The largest absolute Gasteiger partial charge is 0.444 e. The summed E-state index contributed by atoms with van der Waals surface area (Å²) >= 11 is 0. The van der Waals surface area contributed by atoms with Gasteiger partial charge in [0, 0.05) is 36.6 Å². The highest BCUT2D eigenvalue weighted by atomic mass is 19.1. The molecule has 2 heterocycles. The van der Waals surface area contributed by atoms with Crippen LogP contribution in [0.15, 0.2) is 18.2 Å². The van der Waals surface area contributed by atoms with Crippen LogP contribution < -0.4 is 0 Å². The number of halogens is 2. The third-order valence-corrected chi connectivity index (χ3v) is 4.80. The van der Waals surface area contributed by atoms with Crippen LogP contribution in [0, 0.1) is 11.6 Å². The molecule has 4 nitrogen and oxygen atoms in total. The second kappa shape index (κ2) is 5.69.